The van der Waals surface area contributed by atoms with E-state index in [4.69, 9.17) is 21.4 Å². The van der Waals surface area contributed by atoms with Gasteiger partial charge in [0.1, 0.15) is 5.82 Å². The van der Waals surface area contributed by atoms with Crippen LogP contribution in [-0.2, 0) is 22.0 Å². The Kier molecular flexibility index (Phi) is 3.94. The largest absolute Gasteiger partial charge is 0.478 e. The molecule has 21 heavy (non-hydrogen) atoms. The van der Waals surface area contributed by atoms with Gasteiger partial charge >= 0.3 is 5.97 Å². The van der Waals surface area contributed by atoms with Crippen LogP contribution in [0.3, 0.4) is 0 Å². The number of alkyl halides is 1. The molecule has 5 nitrogen and oxygen atoms in total. The summed E-state index contributed by atoms with van der Waals surface area (Å²) in [6.45, 7) is 1.53. The number of ether oxygens (including phenoxy) is 1. The van der Waals surface area contributed by atoms with Gasteiger partial charge in [-0.1, -0.05) is 6.07 Å². The highest BCUT2D eigenvalue weighted by molar-refractivity contribution is 6.16. The van der Waals surface area contributed by atoms with Gasteiger partial charge in [0.2, 0.25) is 0 Å². The van der Waals surface area contributed by atoms with Gasteiger partial charge in [0.15, 0.2) is 0 Å². The van der Waals surface area contributed by atoms with E-state index in [9.17, 15) is 4.79 Å². The van der Waals surface area contributed by atoms with Crippen LogP contribution < -0.4 is 0 Å². The summed E-state index contributed by atoms with van der Waals surface area (Å²) in [6, 6.07) is 5.65. The number of aromatic nitrogens is 2. The van der Waals surface area contributed by atoms with E-state index in [1.165, 1.54) is 0 Å². The molecule has 1 aromatic heterocycles. The van der Waals surface area contributed by atoms with Crippen LogP contribution in [0.5, 0.6) is 0 Å². The molecule has 0 radical (unpaired) electrons. The van der Waals surface area contributed by atoms with Gasteiger partial charge in [0.05, 0.1) is 29.6 Å². The summed E-state index contributed by atoms with van der Waals surface area (Å²) in [5.74, 6) is 0.177. The number of nitrogens with zero attached hydrogens (tertiary/aromatic N) is 2. The second-order valence-electron chi connectivity index (χ2n) is 4.97. The molecule has 1 aliphatic heterocycles. The molecular weight excluding hydrogens is 292 g/mol. The summed E-state index contributed by atoms with van der Waals surface area (Å²) >= 11 is 5.97. The summed E-state index contributed by atoms with van der Waals surface area (Å²) < 4.78 is 7.54. The minimum absolute atomic E-state index is 0.211. The Bertz CT molecular complexity index is 704. The van der Waals surface area contributed by atoms with Crippen molar-refractivity contribution in [3.63, 3.8) is 0 Å². The van der Waals surface area contributed by atoms with Crippen LogP contribution in [0.25, 0.3) is 17.1 Å². The lowest BCUT2D eigenvalue weighted by Gasteiger charge is -2.27. The molecule has 1 fully saturated rings. The maximum absolute atomic E-state index is 10.6. The van der Waals surface area contributed by atoms with Crippen molar-refractivity contribution in [1.29, 1.82) is 0 Å². The lowest BCUT2D eigenvalue weighted by molar-refractivity contribution is -0.131. The molecule has 0 aliphatic carbocycles. The van der Waals surface area contributed by atoms with Gasteiger partial charge in [-0.15, -0.1) is 11.6 Å². The number of benzene rings is 1. The average Bonchev–Trinajstić information content (AvgIpc) is 2.77. The third-order valence-electron chi connectivity index (χ3n) is 3.57. The molecule has 0 amide bonds. The van der Waals surface area contributed by atoms with E-state index < -0.39 is 5.97 Å². The minimum Gasteiger partial charge on any atom is -0.478 e. The smallest absolute Gasteiger partial charge is 0.328 e. The molecule has 110 valence electrons. The SMILES string of the molecule is O=C(O)/C=C/c1ccc2nc(CCl)n(CC3CCO3)c2c1. The highest BCUT2D eigenvalue weighted by atomic mass is 35.5. The van der Waals surface area contributed by atoms with E-state index in [1.54, 1.807) is 6.08 Å². The molecular formula is C15H15ClN2O3. The number of carbonyl (C=O) groups is 1. The van der Waals surface area contributed by atoms with Crippen LogP contribution in [0, 0.1) is 0 Å². The fourth-order valence-corrected chi connectivity index (χ4v) is 2.60. The first kappa shape index (κ1) is 14.1. The molecule has 3 rings (SSSR count). The number of carboxylic acid groups (broad SMARTS) is 1. The van der Waals surface area contributed by atoms with Crippen molar-refractivity contribution in [1.82, 2.24) is 9.55 Å². The van der Waals surface area contributed by atoms with Gasteiger partial charge in [0.25, 0.3) is 0 Å². The molecule has 0 bridgehead atoms. The second kappa shape index (κ2) is 5.87. The normalized spacial score (nSPS) is 18.2. The van der Waals surface area contributed by atoms with E-state index in [2.05, 4.69) is 9.55 Å². The van der Waals surface area contributed by atoms with Crippen molar-refractivity contribution in [3.05, 3.63) is 35.7 Å². The summed E-state index contributed by atoms with van der Waals surface area (Å²) in [5.41, 5.74) is 2.63. The van der Waals surface area contributed by atoms with Gasteiger partial charge in [0, 0.05) is 12.7 Å². The molecule has 1 aromatic carbocycles. The van der Waals surface area contributed by atoms with Crippen molar-refractivity contribution >= 4 is 34.7 Å². The number of hydrogen-bond acceptors (Lipinski definition) is 3. The number of aliphatic carboxylic acids is 1. The van der Waals surface area contributed by atoms with Crippen molar-refractivity contribution in [2.45, 2.75) is 24.9 Å². The van der Waals surface area contributed by atoms with Crippen LogP contribution >= 0.6 is 11.6 Å². The van der Waals surface area contributed by atoms with E-state index in [0.717, 1.165) is 48.1 Å². The number of carboxylic acids is 1. The topological polar surface area (TPSA) is 64.3 Å². The standard InChI is InChI=1S/C15H15ClN2O3/c16-8-14-17-12-3-1-10(2-4-15(19)20)7-13(12)18(14)9-11-5-6-21-11/h1-4,7,11H,5-6,8-9H2,(H,19,20)/b4-2+. The Hall–Kier alpha value is -1.85. The van der Waals surface area contributed by atoms with Gasteiger partial charge < -0.3 is 14.4 Å². The third-order valence-corrected chi connectivity index (χ3v) is 3.81. The number of rotatable bonds is 5. The number of fused-ring (bicyclic) bond motifs is 1. The van der Waals surface area contributed by atoms with Gasteiger partial charge in [-0.25, -0.2) is 9.78 Å². The second-order valence-corrected chi connectivity index (χ2v) is 5.24. The molecule has 1 unspecified atom stereocenters. The van der Waals surface area contributed by atoms with E-state index >= 15 is 0 Å². The zero-order chi connectivity index (χ0) is 14.8. The Balaban J connectivity index is 2.00. The fraction of sp³-hybridized carbons (Fsp3) is 0.333. The molecule has 0 spiro atoms. The van der Waals surface area contributed by atoms with Gasteiger partial charge in [-0.3, -0.25) is 0 Å². The predicted octanol–water partition coefficient (Wildman–Crippen LogP) is 2.66. The Morgan fingerprint density at radius 2 is 2.38 bits per heavy atom. The summed E-state index contributed by atoms with van der Waals surface area (Å²) in [5, 5.41) is 8.70. The number of halogens is 1. The lowest BCUT2D eigenvalue weighted by atomic mass is 10.1. The molecule has 1 saturated heterocycles. The van der Waals surface area contributed by atoms with Crippen molar-refractivity contribution < 1.29 is 14.6 Å². The van der Waals surface area contributed by atoms with Crippen LogP contribution in [0.2, 0.25) is 0 Å². The van der Waals surface area contributed by atoms with Crippen LogP contribution in [0.1, 0.15) is 17.8 Å². The number of imidazole rings is 1. The molecule has 2 heterocycles. The zero-order valence-electron chi connectivity index (χ0n) is 11.3. The molecule has 1 N–H and O–H groups in total. The van der Waals surface area contributed by atoms with Crippen molar-refractivity contribution in [2.75, 3.05) is 6.61 Å². The van der Waals surface area contributed by atoms with Gasteiger partial charge in [-0.2, -0.15) is 0 Å². The summed E-state index contributed by atoms with van der Waals surface area (Å²) in [6.07, 6.45) is 3.95. The first-order chi connectivity index (χ1) is 10.2. The predicted molar refractivity (Wildman–Crippen MR) is 80.3 cm³/mol. The van der Waals surface area contributed by atoms with Crippen LogP contribution in [0.15, 0.2) is 24.3 Å². The Labute approximate surface area is 126 Å². The highest BCUT2D eigenvalue weighted by Gasteiger charge is 2.21. The Morgan fingerprint density at radius 1 is 1.57 bits per heavy atom. The molecule has 0 saturated carbocycles. The van der Waals surface area contributed by atoms with Crippen molar-refractivity contribution in [2.24, 2.45) is 0 Å². The van der Waals surface area contributed by atoms with Crippen LogP contribution in [-0.4, -0.2) is 33.3 Å². The number of hydrogen-bond donors (Lipinski definition) is 1. The molecule has 1 atom stereocenters. The first-order valence-electron chi connectivity index (χ1n) is 6.75. The monoisotopic (exact) mass is 306 g/mol. The molecule has 6 heteroatoms. The summed E-state index contributed by atoms with van der Waals surface area (Å²) in [7, 11) is 0. The minimum atomic E-state index is -0.965. The average molecular weight is 307 g/mol. The third kappa shape index (κ3) is 2.94. The summed E-state index contributed by atoms with van der Waals surface area (Å²) in [4.78, 5) is 15.1. The highest BCUT2D eigenvalue weighted by Crippen LogP contribution is 2.23. The molecule has 1 aliphatic rings. The molecule has 2 aromatic rings. The van der Waals surface area contributed by atoms with Crippen molar-refractivity contribution in [3.8, 4) is 0 Å². The van der Waals surface area contributed by atoms with E-state index in [0.29, 0.717) is 5.88 Å². The fourth-order valence-electron chi connectivity index (χ4n) is 2.40. The van der Waals surface area contributed by atoms with Crippen LogP contribution in [0.4, 0.5) is 0 Å². The lowest BCUT2D eigenvalue weighted by Crippen LogP contribution is -2.31. The van der Waals surface area contributed by atoms with E-state index in [1.807, 2.05) is 18.2 Å². The first-order valence-corrected chi connectivity index (χ1v) is 7.28. The van der Waals surface area contributed by atoms with Gasteiger partial charge in [-0.05, 0) is 30.2 Å². The maximum atomic E-state index is 10.6. The zero-order valence-corrected chi connectivity index (χ0v) is 12.1. The maximum Gasteiger partial charge on any atom is 0.328 e. The van der Waals surface area contributed by atoms with E-state index in [-0.39, 0.29) is 6.10 Å². The Morgan fingerprint density at radius 3 is 3.00 bits per heavy atom. The quantitative estimate of drug-likeness (QED) is 0.681.